The number of ether oxygens (including phenoxy) is 2. The molecule has 0 fully saturated rings. The first kappa shape index (κ1) is 16.3. The average Bonchev–Trinajstić information content (AvgIpc) is 2.36. The third kappa shape index (κ3) is 5.06. The molecule has 1 aromatic rings. The summed E-state index contributed by atoms with van der Waals surface area (Å²) in [6.07, 6.45) is -4.57. The largest absolute Gasteiger partial charge is 0.418 e. The molecule has 5 nitrogen and oxygen atoms in total. The molecule has 0 heterocycles. The predicted molar refractivity (Wildman–Crippen MR) is 67.2 cm³/mol. The van der Waals surface area contributed by atoms with Crippen LogP contribution in [0.5, 0.6) is 0 Å². The summed E-state index contributed by atoms with van der Waals surface area (Å²) < 4.78 is 47.5. The molecular formula is C12H15F3N2O3. The Balaban J connectivity index is 2.62. The van der Waals surface area contributed by atoms with E-state index in [-0.39, 0.29) is 18.9 Å². The molecule has 0 atom stereocenters. The number of hydrogen-bond donors (Lipinski definition) is 2. The van der Waals surface area contributed by atoms with Gasteiger partial charge >= 0.3 is 6.18 Å². The lowest BCUT2D eigenvalue weighted by atomic mass is 10.1. The monoisotopic (exact) mass is 292 g/mol. The van der Waals surface area contributed by atoms with Crippen LogP contribution in [0.25, 0.3) is 0 Å². The number of carbonyl (C=O) groups excluding carboxylic acids is 1. The molecule has 1 amide bonds. The van der Waals surface area contributed by atoms with Crippen LogP contribution in [0.4, 0.5) is 24.5 Å². The molecule has 3 N–H and O–H groups in total. The summed E-state index contributed by atoms with van der Waals surface area (Å²) in [5, 5.41) is 2.30. The van der Waals surface area contributed by atoms with Crippen molar-refractivity contribution < 1.29 is 27.4 Å². The summed E-state index contributed by atoms with van der Waals surface area (Å²) >= 11 is 0. The third-order valence-corrected chi connectivity index (χ3v) is 2.31. The maximum atomic E-state index is 12.6. The van der Waals surface area contributed by atoms with Gasteiger partial charge in [-0.2, -0.15) is 13.2 Å². The molecule has 20 heavy (non-hydrogen) atoms. The molecule has 8 heteroatoms. The number of halogens is 3. The van der Waals surface area contributed by atoms with Crippen molar-refractivity contribution in [2.45, 2.75) is 6.18 Å². The Hall–Kier alpha value is -1.80. The number of carbonyl (C=O) groups is 1. The van der Waals surface area contributed by atoms with E-state index in [1.54, 1.807) is 0 Å². The van der Waals surface area contributed by atoms with Crippen molar-refractivity contribution in [1.29, 1.82) is 0 Å². The molecule has 0 saturated carbocycles. The average molecular weight is 292 g/mol. The minimum Gasteiger partial charge on any atom is -0.398 e. The van der Waals surface area contributed by atoms with Crippen molar-refractivity contribution in [2.75, 3.05) is 38.0 Å². The van der Waals surface area contributed by atoms with Crippen LogP contribution in [-0.2, 0) is 20.4 Å². The number of nitrogens with one attached hydrogen (secondary N) is 1. The second kappa shape index (κ2) is 7.11. The van der Waals surface area contributed by atoms with Crippen molar-refractivity contribution in [3.05, 3.63) is 23.8 Å². The Kier molecular flexibility index (Phi) is 5.78. The van der Waals surface area contributed by atoms with Crippen molar-refractivity contribution in [3.8, 4) is 0 Å². The second-order valence-electron chi connectivity index (χ2n) is 3.89. The lowest BCUT2D eigenvalue weighted by Gasteiger charge is -2.12. The molecule has 112 valence electrons. The number of hydrogen-bond acceptors (Lipinski definition) is 4. The zero-order valence-corrected chi connectivity index (χ0v) is 10.8. The number of nitrogens with two attached hydrogens (primary N) is 1. The molecule has 0 aliphatic heterocycles. The lowest BCUT2D eigenvalue weighted by molar-refractivity contribution is -0.137. The Morgan fingerprint density at radius 3 is 2.65 bits per heavy atom. The number of amides is 1. The van der Waals surface area contributed by atoms with E-state index in [1.165, 1.54) is 13.2 Å². The second-order valence-corrected chi connectivity index (χ2v) is 3.89. The number of methoxy groups -OCH3 is 1. The van der Waals surface area contributed by atoms with Gasteiger partial charge in [-0.1, -0.05) is 0 Å². The maximum Gasteiger partial charge on any atom is 0.418 e. The predicted octanol–water partition coefficient (Wildman–Crippen LogP) is 1.89. The Bertz CT molecular complexity index is 464. The quantitative estimate of drug-likeness (QED) is 0.620. The number of alkyl halides is 3. The van der Waals surface area contributed by atoms with Gasteiger partial charge < -0.3 is 20.5 Å². The molecule has 0 unspecified atom stereocenters. The first-order chi connectivity index (χ1) is 9.34. The lowest BCUT2D eigenvalue weighted by Crippen LogP contribution is -2.20. The van der Waals surface area contributed by atoms with Crippen LogP contribution in [0.15, 0.2) is 18.2 Å². The fourth-order valence-electron chi connectivity index (χ4n) is 1.38. The van der Waals surface area contributed by atoms with Crippen molar-refractivity contribution >= 4 is 17.3 Å². The Morgan fingerprint density at radius 1 is 1.35 bits per heavy atom. The minimum absolute atomic E-state index is 0.00636. The summed E-state index contributed by atoms with van der Waals surface area (Å²) in [6, 6.07) is 3.16. The van der Waals surface area contributed by atoms with Crippen LogP contribution in [-0.4, -0.2) is 32.8 Å². The zero-order valence-electron chi connectivity index (χ0n) is 10.8. The van der Waals surface area contributed by atoms with Crippen LogP contribution in [0.3, 0.4) is 0 Å². The van der Waals surface area contributed by atoms with Gasteiger partial charge in [-0.05, 0) is 18.2 Å². The van der Waals surface area contributed by atoms with E-state index in [2.05, 4.69) is 5.32 Å². The van der Waals surface area contributed by atoms with Gasteiger partial charge in [-0.25, -0.2) is 0 Å². The molecule has 1 aromatic carbocycles. The molecule has 0 radical (unpaired) electrons. The number of nitrogen functional groups attached to an aromatic ring is 1. The third-order valence-electron chi connectivity index (χ3n) is 2.31. The van der Waals surface area contributed by atoms with Crippen LogP contribution >= 0.6 is 0 Å². The molecule has 0 aliphatic rings. The SMILES string of the molecule is COCCOCC(=O)Nc1ccc(N)c(C(F)(F)F)c1. The van der Waals surface area contributed by atoms with Gasteiger partial charge in [0.2, 0.25) is 5.91 Å². The van der Waals surface area contributed by atoms with Crippen LogP contribution < -0.4 is 11.1 Å². The van der Waals surface area contributed by atoms with Gasteiger partial charge in [0, 0.05) is 18.5 Å². The van der Waals surface area contributed by atoms with Gasteiger partial charge in [0.15, 0.2) is 0 Å². The fraction of sp³-hybridized carbons (Fsp3) is 0.417. The zero-order chi connectivity index (χ0) is 15.2. The Morgan fingerprint density at radius 2 is 2.05 bits per heavy atom. The highest BCUT2D eigenvalue weighted by Crippen LogP contribution is 2.35. The molecular weight excluding hydrogens is 277 g/mol. The molecule has 0 bridgehead atoms. The molecule has 0 saturated heterocycles. The van der Waals surface area contributed by atoms with E-state index in [4.69, 9.17) is 15.2 Å². The van der Waals surface area contributed by atoms with E-state index in [0.29, 0.717) is 6.61 Å². The summed E-state index contributed by atoms with van der Waals surface area (Å²) in [4.78, 5) is 11.4. The van der Waals surface area contributed by atoms with E-state index in [1.807, 2.05) is 0 Å². The van der Waals surface area contributed by atoms with E-state index in [9.17, 15) is 18.0 Å². The van der Waals surface area contributed by atoms with Crippen molar-refractivity contribution in [3.63, 3.8) is 0 Å². The smallest absolute Gasteiger partial charge is 0.398 e. The van der Waals surface area contributed by atoms with Gasteiger partial charge in [0.25, 0.3) is 0 Å². The Labute approximate surface area is 113 Å². The molecule has 1 rings (SSSR count). The number of anilines is 2. The van der Waals surface area contributed by atoms with Crippen LogP contribution in [0.1, 0.15) is 5.56 Å². The number of rotatable bonds is 6. The van der Waals surface area contributed by atoms with Gasteiger partial charge in [0.1, 0.15) is 6.61 Å². The van der Waals surface area contributed by atoms with Crippen LogP contribution in [0.2, 0.25) is 0 Å². The van der Waals surface area contributed by atoms with Gasteiger partial charge in [-0.3, -0.25) is 4.79 Å². The van der Waals surface area contributed by atoms with Gasteiger partial charge in [0.05, 0.1) is 18.8 Å². The highest BCUT2D eigenvalue weighted by Gasteiger charge is 2.33. The number of benzene rings is 1. The summed E-state index contributed by atoms with van der Waals surface area (Å²) in [7, 11) is 1.48. The summed E-state index contributed by atoms with van der Waals surface area (Å²) in [5.41, 5.74) is 3.87. The van der Waals surface area contributed by atoms with Crippen molar-refractivity contribution in [1.82, 2.24) is 0 Å². The first-order valence-corrected chi connectivity index (χ1v) is 5.68. The highest BCUT2D eigenvalue weighted by molar-refractivity contribution is 5.92. The van der Waals surface area contributed by atoms with Gasteiger partial charge in [-0.15, -0.1) is 0 Å². The van der Waals surface area contributed by atoms with E-state index in [0.717, 1.165) is 12.1 Å². The first-order valence-electron chi connectivity index (χ1n) is 5.68. The maximum absolute atomic E-state index is 12.6. The summed E-state index contributed by atoms with van der Waals surface area (Å²) in [6.45, 7) is 0.280. The van der Waals surface area contributed by atoms with E-state index >= 15 is 0 Å². The molecule has 0 spiro atoms. The summed E-state index contributed by atoms with van der Waals surface area (Å²) in [5.74, 6) is -0.556. The van der Waals surface area contributed by atoms with Crippen LogP contribution in [0, 0.1) is 0 Å². The minimum atomic E-state index is -4.57. The molecule has 0 aliphatic carbocycles. The highest BCUT2D eigenvalue weighted by atomic mass is 19.4. The van der Waals surface area contributed by atoms with Crippen molar-refractivity contribution in [2.24, 2.45) is 0 Å². The topological polar surface area (TPSA) is 73.6 Å². The standard InChI is InChI=1S/C12H15F3N2O3/c1-19-4-5-20-7-11(18)17-8-2-3-10(16)9(6-8)12(13,14)15/h2-3,6H,4-5,7,16H2,1H3,(H,17,18). The fourth-order valence-corrected chi connectivity index (χ4v) is 1.38. The van der Waals surface area contributed by atoms with E-state index < -0.39 is 23.3 Å². The normalized spacial score (nSPS) is 11.4. The molecule has 0 aromatic heterocycles.